The van der Waals surface area contributed by atoms with Gasteiger partial charge >= 0.3 is 0 Å². The molecule has 0 saturated carbocycles. The first-order valence-corrected chi connectivity index (χ1v) is 4.64. The smallest absolute Gasteiger partial charge is 0.231 e. The van der Waals surface area contributed by atoms with Gasteiger partial charge in [-0.05, 0) is 30.3 Å². The number of hydrogen-bond acceptors (Lipinski definition) is 3. The Morgan fingerprint density at radius 3 is 2.81 bits per heavy atom. The molecule has 0 atom stereocenters. The van der Waals surface area contributed by atoms with Crippen LogP contribution in [0, 0.1) is 5.82 Å². The Bertz CT molecular complexity index is 503. The van der Waals surface area contributed by atoms with Crippen LogP contribution in [0.3, 0.4) is 0 Å². The molecule has 0 bridgehead atoms. The molecule has 1 aromatic carbocycles. The number of halogens is 1. The maximum Gasteiger partial charge on any atom is 0.231 e. The fourth-order valence-corrected chi connectivity index (χ4v) is 1.40. The summed E-state index contributed by atoms with van der Waals surface area (Å²) in [6, 6.07) is 6.89. The Kier molecular flexibility index (Phi) is 2.72. The summed E-state index contributed by atoms with van der Waals surface area (Å²) in [5.74, 6) is -0.413. The number of furan rings is 1. The summed E-state index contributed by atoms with van der Waals surface area (Å²) < 4.78 is 23.0. The van der Waals surface area contributed by atoms with E-state index >= 15 is 0 Å². The van der Waals surface area contributed by atoms with Gasteiger partial charge in [-0.1, -0.05) is 0 Å². The van der Waals surface area contributed by atoms with Crippen molar-refractivity contribution in [3.05, 3.63) is 53.7 Å². The lowest BCUT2D eigenvalue weighted by Crippen LogP contribution is -2.03. The number of carbonyl (C=O) groups is 1. The number of ether oxygens (including phenoxy) is 1. The third-order valence-corrected chi connectivity index (χ3v) is 2.15. The van der Waals surface area contributed by atoms with Gasteiger partial charge in [0.15, 0.2) is 5.76 Å². The van der Waals surface area contributed by atoms with Gasteiger partial charge < -0.3 is 9.15 Å². The highest BCUT2D eigenvalue weighted by Crippen LogP contribution is 2.22. The summed E-state index contributed by atoms with van der Waals surface area (Å²) in [6.07, 6.45) is 1.39. The third-order valence-electron chi connectivity index (χ3n) is 2.15. The van der Waals surface area contributed by atoms with Gasteiger partial charge in [0.05, 0.1) is 18.9 Å². The molecule has 0 N–H and O–H groups in total. The van der Waals surface area contributed by atoms with Crippen molar-refractivity contribution < 1.29 is 18.3 Å². The van der Waals surface area contributed by atoms with Gasteiger partial charge in [-0.15, -0.1) is 0 Å². The zero-order chi connectivity index (χ0) is 11.5. The maximum absolute atomic E-state index is 13.0. The summed E-state index contributed by atoms with van der Waals surface area (Å²) in [5, 5.41) is 0. The minimum absolute atomic E-state index is 0.150. The number of carbonyl (C=O) groups excluding carboxylic acids is 1. The Hall–Kier alpha value is -2.10. The highest BCUT2D eigenvalue weighted by molar-refractivity contribution is 6.08. The largest absolute Gasteiger partial charge is 0.496 e. The molecule has 1 heterocycles. The fraction of sp³-hybridized carbons (Fsp3) is 0.0833. The Morgan fingerprint density at radius 1 is 1.38 bits per heavy atom. The summed E-state index contributed by atoms with van der Waals surface area (Å²) in [7, 11) is 1.42. The molecule has 0 aliphatic heterocycles. The van der Waals surface area contributed by atoms with E-state index < -0.39 is 11.6 Å². The molecule has 4 heteroatoms. The molecule has 2 aromatic rings. The molecule has 3 nitrogen and oxygen atoms in total. The van der Waals surface area contributed by atoms with E-state index in [1.165, 1.54) is 31.6 Å². The van der Waals surface area contributed by atoms with Crippen LogP contribution < -0.4 is 4.74 Å². The van der Waals surface area contributed by atoms with E-state index in [4.69, 9.17) is 9.15 Å². The number of benzene rings is 1. The van der Waals surface area contributed by atoms with Crippen LogP contribution in [0.15, 0.2) is 41.0 Å². The van der Waals surface area contributed by atoms with Crippen LogP contribution in [0.2, 0.25) is 0 Å². The van der Waals surface area contributed by atoms with Crippen LogP contribution in [-0.4, -0.2) is 12.9 Å². The first-order valence-electron chi connectivity index (χ1n) is 4.64. The van der Waals surface area contributed by atoms with Gasteiger partial charge in [0.2, 0.25) is 5.78 Å². The van der Waals surface area contributed by atoms with Gasteiger partial charge in [-0.25, -0.2) is 4.39 Å². The second kappa shape index (κ2) is 4.18. The molecule has 0 unspecified atom stereocenters. The van der Waals surface area contributed by atoms with Crippen LogP contribution in [0.5, 0.6) is 5.75 Å². The van der Waals surface area contributed by atoms with Crippen LogP contribution in [0.25, 0.3) is 0 Å². The Labute approximate surface area is 91.5 Å². The normalized spacial score (nSPS) is 10.1. The number of ketones is 1. The summed E-state index contributed by atoms with van der Waals surface area (Å²) >= 11 is 0. The summed E-state index contributed by atoms with van der Waals surface area (Å²) in [6.45, 7) is 0. The topological polar surface area (TPSA) is 39.4 Å². The predicted molar refractivity (Wildman–Crippen MR) is 55.1 cm³/mol. The lowest BCUT2D eigenvalue weighted by atomic mass is 10.1. The molecular weight excluding hydrogens is 211 g/mol. The van der Waals surface area contributed by atoms with Crippen molar-refractivity contribution >= 4 is 5.78 Å². The monoisotopic (exact) mass is 220 g/mol. The second-order valence-electron chi connectivity index (χ2n) is 3.15. The molecule has 0 fully saturated rings. The van der Waals surface area contributed by atoms with E-state index in [0.29, 0.717) is 5.75 Å². The Morgan fingerprint density at radius 2 is 2.19 bits per heavy atom. The molecule has 2 rings (SSSR count). The summed E-state index contributed by atoms with van der Waals surface area (Å²) in [5.41, 5.74) is 0.150. The predicted octanol–water partition coefficient (Wildman–Crippen LogP) is 2.66. The van der Waals surface area contributed by atoms with Crippen LogP contribution in [0.1, 0.15) is 16.1 Å². The molecule has 0 aliphatic carbocycles. The minimum Gasteiger partial charge on any atom is -0.496 e. The second-order valence-corrected chi connectivity index (χ2v) is 3.15. The van der Waals surface area contributed by atoms with Crippen molar-refractivity contribution in [1.29, 1.82) is 0 Å². The maximum atomic E-state index is 13.0. The number of rotatable bonds is 3. The van der Waals surface area contributed by atoms with E-state index in [9.17, 15) is 9.18 Å². The lowest BCUT2D eigenvalue weighted by Gasteiger charge is -2.05. The molecule has 0 radical (unpaired) electrons. The zero-order valence-electron chi connectivity index (χ0n) is 8.57. The van der Waals surface area contributed by atoms with Crippen LogP contribution in [-0.2, 0) is 0 Å². The molecule has 0 saturated heterocycles. The molecule has 1 aromatic heterocycles. The van der Waals surface area contributed by atoms with Gasteiger partial charge in [-0.3, -0.25) is 4.79 Å². The quantitative estimate of drug-likeness (QED) is 0.746. The molecule has 0 spiro atoms. The molecular formula is C12H9FO3. The van der Waals surface area contributed by atoms with Crippen molar-refractivity contribution in [2.24, 2.45) is 0 Å². The van der Waals surface area contributed by atoms with E-state index in [0.717, 1.165) is 6.07 Å². The van der Waals surface area contributed by atoms with Gasteiger partial charge in [-0.2, -0.15) is 0 Å². The SMILES string of the molecule is COc1ccc(F)cc1C(=O)c1ccco1. The van der Waals surface area contributed by atoms with Gasteiger partial charge in [0, 0.05) is 0 Å². The molecule has 82 valence electrons. The van der Waals surface area contributed by atoms with Crippen molar-refractivity contribution in [3.8, 4) is 5.75 Å². The van der Waals surface area contributed by atoms with Crippen molar-refractivity contribution in [3.63, 3.8) is 0 Å². The lowest BCUT2D eigenvalue weighted by molar-refractivity contribution is 0.101. The minimum atomic E-state index is -0.490. The average molecular weight is 220 g/mol. The standard InChI is InChI=1S/C12H9FO3/c1-15-10-5-4-8(13)7-9(10)12(14)11-3-2-6-16-11/h2-7H,1H3. The Balaban J connectivity index is 2.47. The first-order chi connectivity index (χ1) is 7.72. The highest BCUT2D eigenvalue weighted by atomic mass is 19.1. The van der Waals surface area contributed by atoms with Crippen LogP contribution >= 0.6 is 0 Å². The van der Waals surface area contributed by atoms with Gasteiger partial charge in [0.25, 0.3) is 0 Å². The van der Waals surface area contributed by atoms with Crippen molar-refractivity contribution in [2.45, 2.75) is 0 Å². The number of hydrogen-bond donors (Lipinski definition) is 0. The molecule has 16 heavy (non-hydrogen) atoms. The average Bonchev–Trinajstić information content (AvgIpc) is 2.81. The third kappa shape index (κ3) is 1.82. The number of methoxy groups -OCH3 is 1. The zero-order valence-corrected chi connectivity index (χ0v) is 8.57. The van der Waals surface area contributed by atoms with Crippen molar-refractivity contribution in [1.82, 2.24) is 0 Å². The summed E-state index contributed by atoms with van der Waals surface area (Å²) in [4.78, 5) is 11.9. The van der Waals surface area contributed by atoms with Crippen molar-refractivity contribution in [2.75, 3.05) is 7.11 Å². The van der Waals surface area contributed by atoms with E-state index in [1.807, 2.05) is 0 Å². The fourth-order valence-electron chi connectivity index (χ4n) is 1.40. The molecule has 0 aliphatic rings. The van der Waals surface area contributed by atoms with Crippen LogP contribution in [0.4, 0.5) is 4.39 Å². The first kappa shape index (κ1) is 10.4. The van der Waals surface area contributed by atoms with E-state index in [-0.39, 0.29) is 11.3 Å². The molecule has 0 amide bonds. The highest BCUT2D eigenvalue weighted by Gasteiger charge is 2.17. The van der Waals surface area contributed by atoms with E-state index in [1.54, 1.807) is 6.07 Å². The van der Waals surface area contributed by atoms with Gasteiger partial charge in [0.1, 0.15) is 11.6 Å². The van der Waals surface area contributed by atoms with E-state index in [2.05, 4.69) is 0 Å².